The molecule has 7 nitrogen and oxygen atoms in total. The molecule has 2 aromatic carbocycles. The summed E-state index contributed by atoms with van der Waals surface area (Å²) in [6, 6.07) is 16.0. The Hall–Kier alpha value is -2.77. The largest absolute Gasteiger partial charge is 0.493 e. The van der Waals surface area contributed by atoms with Crippen LogP contribution in [-0.2, 0) is 4.79 Å². The molecule has 2 saturated heterocycles. The number of aliphatic hydroxyl groups excluding tert-OH is 1. The van der Waals surface area contributed by atoms with Gasteiger partial charge in [0.2, 0.25) is 5.91 Å². The number of aliphatic hydroxyl groups is 1. The SMILES string of the molecule is COc1ccc(C2CCNC2=O)cc1OCCC(O)N1CCN(c2ccccc2)CC1. The number of piperazine rings is 1. The number of anilines is 1. The standard InChI is InChI=1S/C24H31N3O4/c1-30-21-8-7-18(20-9-11-25-24(20)29)17-22(21)31-16-10-23(28)27-14-12-26(13-15-27)19-5-3-2-4-6-19/h2-8,17,20,23,28H,9-16H2,1H3,(H,25,29). The van der Waals surface area contributed by atoms with Crippen LogP contribution < -0.4 is 19.7 Å². The Bertz CT molecular complexity index is 868. The van der Waals surface area contributed by atoms with E-state index in [0.717, 1.165) is 38.2 Å². The van der Waals surface area contributed by atoms with Gasteiger partial charge >= 0.3 is 0 Å². The molecule has 0 radical (unpaired) electrons. The van der Waals surface area contributed by atoms with E-state index in [4.69, 9.17) is 9.47 Å². The molecule has 166 valence electrons. The molecular weight excluding hydrogens is 394 g/mol. The van der Waals surface area contributed by atoms with Crippen LogP contribution in [0.5, 0.6) is 11.5 Å². The van der Waals surface area contributed by atoms with E-state index in [1.807, 2.05) is 24.3 Å². The van der Waals surface area contributed by atoms with E-state index in [9.17, 15) is 9.90 Å². The molecule has 2 fully saturated rings. The van der Waals surface area contributed by atoms with E-state index in [-0.39, 0.29) is 11.8 Å². The molecule has 1 amide bonds. The van der Waals surface area contributed by atoms with Crippen molar-refractivity contribution in [3.8, 4) is 11.5 Å². The van der Waals surface area contributed by atoms with Crippen LogP contribution in [0, 0.1) is 0 Å². The number of rotatable bonds is 8. The van der Waals surface area contributed by atoms with Gasteiger partial charge < -0.3 is 24.8 Å². The molecule has 0 saturated carbocycles. The summed E-state index contributed by atoms with van der Waals surface area (Å²) in [5.41, 5.74) is 2.16. The molecule has 2 atom stereocenters. The van der Waals surface area contributed by atoms with Crippen LogP contribution in [0.3, 0.4) is 0 Å². The van der Waals surface area contributed by atoms with Crippen LogP contribution in [-0.4, -0.2) is 68.6 Å². The number of carbonyl (C=O) groups is 1. The highest BCUT2D eigenvalue weighted by Gasteiger charge is 2.27. The van der Waals surface area contributed by atoms with Crippen LogP contribution in [0.1, 0.15) is 24.3 Å². The van der Waals surface area contributed by atoms with E-state index in [0.29, 0.717) is 31.1 Å². The van der Waals surface area contributed by atoms with Crippen molar-refractivity contribution < 1.29 is 19.4 Å². The summed E-state index contributed by atoms with van der Waals surface area (Å²) >= 11 is 0. The number of methoxy groups -OCH3 is 1. The van der Waals surface area contributed by atoms with E-state index < -0.39 is 6.23 Å². The third-order valence-corrected chi connectivity index (χ3v) is 6.13. The van der Waals surface area contributed by atoms with Gasteiger partial charge in [0.15, 0.2) is 11.5 Å². The molecule has 2 aliphatic rings. The molecular formula is C24H31N3O4. The molecule has 31 heavy (non-hydrogen) atoms. The quantitative estimate of drug-likeness (QED) is 0.676. The highest BCUT2D eigenvalue weighted by atomic mass is 16.5. The van der Waals surface area contributed by atoms with Gasteiger partial charge in [-0.3, -0.25) is 9.69 Å². The lowest BCUT2D eigenvalue weighted by atomic mass is 9.97. The average molecular weight is 426 g/mol. The van der Waals surface area contributed by atoms with E-state index in [1.165, 1.54) is 5.69 Å². The molecule has 4 rings (SSSR count). The van der Waals surface area contributed by atoms with Gasteiger partial charge in [0.25, 0.3) is 0 Å². The van der Waals surface area contributed by atoms with Crippen molar-refractivity contribution in [3.63, 3.8) is 0 Å². The maximum Gasteiger partial charge on any atom is 0.227 e. The molecule has 0 bridgehead atoms. The molecule has 2 N–H and O–H groups in total. The Morgan fingerprint density at radius 1 is 1.10 bits per heavy atom. The first-order chi connectivity index (χ1) is 15.2. The summed E-state index contributed by atoms with van der Waals surface area (Å²) in [6.45, 7) is 4.48. The minimum absolute atomic E-state index is 0.0567. The number of carbonyl (C=O) groups excluding carboxylic acids is 1. The number of nitrogens with zero attached hydrogens (tertiary/aromatic N) is 2. The van der Waals surface area contributed by atoms with Crippen molar-refractivity contribution in [2.24, 2.45) is 0 Å². The maximum absolute atomic E-state index is 12.0. The van der Waals surface area contributed by atoms with Gasteiger partial charge in [-0.05, 0) is 36.2 Å². The second-order valence-electron chi connectivity index (χ2n) is 8.02. The summed E-state index contributed by atoms with van der Waals surface area (Å²) in [7, 11) is 1.60. The Morgan fingerprint density at radius 2 is 1.87 bits per heavy atom. The smallest absolute Gasteiger partial charge is 0.227 e. The van der Waals surface area contributed by atoms with Crippen molar-refractivity contribution in [1.82, 2.24) is 10.2 Å². The number of hydrogen-bond donors (Lipinski definition) is 2. The summed E-state index contributed by atoms with van der Waals surface area (Å²) < 4.78 is 11.4. The Labute approximate surface area is 183 Å². The van der Waals surface area contributed by atoms with Gasteiger partial charge in [-0.2, -0.15) is 0 Å². The third-order valence-electron chi connectivity index (χ3n) is 6.13. The minimum atomic E-state index is -0.548. The molecule has 2 aliphatic heterocycles. The van der Waals surface area contributed by atoms with Crippen LogP contribution in [0.4, 0.5) is 5.69 Å². The fourth-order valence-electron chi connectivity index (χ4n) is 4.31. The second kappa shape index (κ2) is 10.0. The molecule has 2 heterocycles. The number of ether oxygens (including phenoxy) is 2. The lowest BCUT2D eigenvalue weighted by Gasteiger charge is -2.38. The first-order valence-corrected chi connectivity index (χ1v) is 11.0. The fourth-order valence-corrected chi connectivity index (χ4v) is 4.31. The molecule has 0 spiro atoms. The first-order valence-electron chi connectivity index (χ1n) is 11.0. The second-order valence-corrected chi connectivity index (χ2v) is 8.02. The number of nitrogens with one attached hydrogen (secondary N) is 1. The predicted octanol–water partition coefficient (Wildman–Crippen LogP) is 2.21. The molecule has 0 aliphatic carbocycles. The third kappa shape index (κ3) is 5.11. The lowest BCUT2D eigenvalue weighted by molar-refractivity contribution is -0.120. The van der Waals surface area contributed by atoms with Crippen LogP contribution >= 0.6 is 0 Å². The molecule has 2 aromatic rings. The Morgan fingerprint density at radius 3 is 2.55 bits per heavy atom. The monoisotopic (exact) mass is 425 g/mol. The summed E-state index contributed by atoms with van der Waals surface area (Å²) in [5.74, 6) is 1.16. The summed E-state index contributed by atoms with van der Waals surface area (Å²) in [6.07, 6.45) is 0.744. The highest BCUT2D eigenvalue weighted by molar-refractivity contribution is 5.85. The van der Waals surface area contributed by atoms with Gasteiger partial charge in [0, 0.05) is 44.8 Å². The normalized spacial score (nSPS) is 20.4. The molecule has 2 unspecified atom stereocenters. The zero-order valence-corrected chi connectivity index (χ0v) is 18.0. The maximum atomic E-state index is 12.0. The van der Waals surface area contributed by atoms with E-state index >= 15 is 0 Å². The predicted molar refractivity (Wildman–Crippen MR) is 120 cm³/mol. The van der Waals surface area contributed by atoms with Crippen molar-refractivity contribution in [2.45, 2.75) is 25.0 Å². The average Bonchev–Trinajstić information content (AvgIpc) is 3.25. The first kappa shape index (κ1) is 21.5. The van der Waals surface area contributed by atoms with E-state index in [2.05, 4.69) is 39.4 Å². The summed E-state index contributed by atoms with van der Waals surface area (Å²) in [5, 5.41) is 13.5. The van der Waals surface area contributed by atoms with Gasteiger partial charge in [0.1, 0.15) is 6.23 Å². The van der Waals surface area contributed by atoms with E-state index in [1.54, 1.807) is 7.11 Å². The summed E-state index contributed by atoms with van der Waals surface area (Å²) in [4.78, 5) is 16.4. The fraction of sp³-hybridized carbons (Fsp3) is 0.458. The zero-order chi connectivity index (χ0) is 21.6. The van der Waals surface area contributed by atoms with Gasteiger partial charge in [-0.15, -0.1) is 0 Å². The van der Waals surface area contributed by atoms with Crippen LogP contribution in [0.25, 0.3) is 0 Å². The van der Waals surface area contributed by atoms with Crippen molar-refractivity contribution >= 4 is 11.6 Å². The Balaban J connectivity index is 1.28. The number of amides is 1. The minimum Gasteiger partial charge on any atom is -0.493 e. The van der Waals surface area contributed by atoms with Crippen LogP contribution in [0.2, 0.25) is 0 Å². The van der Waals surface area contributed by atoms with Gasteiger partial charge in [-0.25, -0.2) is 0 Å². The molecule has 7 heteroatoms. The zero-order valence-electron chi connectivity index (χ0n) is 18.0. The van der Waals surface area contributed by atoms with Gasteiger partial charge in [0.05, 0.1) is 19.6 Å². The van der Waals surface area contributed by atoms with Crippen molar-refractivity contribution in [3.05, 3.63) is 54.1 Å². The lowest BCUT2D eigenvalue weighted by Crippen LogP contribution is -2.50. The number of hydrogen-bond acceptors (Lipinski definition) is 6. The Kier molecular flexibility index (Phi) is 6.94. The topological polar surface area (TPSA) is 74.3 Å². The van der Waals surface area contributed by atoms with Crippen molar-refractivity contribution in [2.75, 3.05) is 51.3 Å². The molecule has 0 aromatic heterocycles. The highest BCUT2D eigenvalue weighted by Crippen LogP contribution is 2.33. The number of benzene rings is 2. The van der Waals surface area contributed by atoms with Gasteiger partial charge in [-0.1, -0.05) is 24.3 Å². The van der Waals surface area contributed by atoms with Crippen LogP contribution in [0.15, 0.2) is 48.5 Å². The van der Waals surface area contributed by atoms with Crippen molar-refractivity contribution in [1.29, 1.82) is 0 Å². The number of para-hydroxylation sites is 1.